The molecule has 5 atom stereocenters. The van der Waals surface area contributed by atoms with Crippen LogP contribution < -0.4 is 0 Å². The summed E-state index contributed by atoms with van der Waals surface area (Å²) in [4.78, 5) is 18.7. The molecule has 1 N–H and O–H groups in total. The quantitative estimate of drug-likeness (QED) is 0.813. The molecule has 148 valence electrons. The summed E-state index contributed by atoms with van der Waals surface area (Å²) in [5.74, 6) is 1.37. The molecular weight excluding hydrogens is 354 g/mol. The fourth-order valence-electron chi connectivity index (χ4n) is 5.83. The normalized spacial score (nSPS) is 36.4. The van der Waals surface area contributed by atoms with E-state index >= 15 is 0 Å². The van der Waals surface area contributed by atoms with Gasteiger partial charge in [0.05, 0.1) is 30.9 Å². The van der Waals surface area contributed by atoms with E-state index in [9.17, 15) is 9.90 Å². The average molecular weight is 381 g/mol. The van der Waals surface area contributed by atoms with Gasteiger partial charge in [0.15, 0.2) is 5.78 Å². The van der Waals surface area contributed by atoms with Crippen LogP contribution in [0.15, 0.2) is 53.9 Å². The molecule has 0 radical (unpaired) electrons. The van der Waals surface area contributed by atoms with Gasteiger partial charge in [-0.2, -0.15) is 0 Å². The molecule has 1 aromatic carbocycles. The minimum Gasteiger partial charge on any atom is -0.493 e. The highest BCUT2D eigenvalue weighted by atomic mass is 16.7. The highest BCUT2D eigenvalue weighted by Crippen LogP contribution is 2.59. The van der Waals surface area contributed by atoms with Crippen LogP contribution in [0.3, 0.4) is 0 Å². The fraction of sp³-hybridized carbons (Fsp3) is 0.522. The van der Waals surface area contributed by atoms with Crippen molar-refractivity contribution in [3.8, 4) is 0 Å². The number of carbonyl (C=O) groups excluding carboxylic acids is 1. The molecular formula is C23H27NO4. The molecule has 1 aromatic rings. The van der Waals surface area contributed by atoms with Crippen molar-refractivity contribution in [2.24, 2.45) is 17.3 Å². The van der Waals surface area contributed by atoms with Crippen molar-refractivity contribution < 1.29 is 19.5 Å². The number of hydrogen-bond donors (Lipinski definition) is 1. The number of aliphatic hydroxyl groups is 1. The van der Waals surface area contributed by atoms with Crippen molar-refractivity contribution in [2.45, 2.75) is 44.3 Å². The second kappa shape index (κ2) is 6.75. The SMILES string of the molecule is CON1C=CC23CC(C(=O)c4ccccc4)CC[C@@H]2OC2=C3[C@H](C[C@H](O)C2)C1. The minimum absolute atomic E-state index is 0.0136. The van der Waals surface area contributed by atoms with Gasteiger partial charge in [-0.15, -0.1) is 0 Å². The van der Waals surface area contributed by atoms with Gasteiger partial charge in [0, 0.05) is 30.0 Å². The third-order valence-corrected chi connectivity index (χ3v) is 7.01. The summed E-state index contributed by atoms with van der Waals surface area (Å²) in [6.45, 7) is 0.706. The van der Waals surface area contributed by atoms with Crippen molar-refractivity contribution in [1.82, 2.24) is 5.06 Å². The summed E-state index contributed by atoms with van der Waals surface area (Å²) in [5, 5.41) is 12.2. The Morgan fingerprint density at radius 2 is 2.11 bits per heavy atom. The van der Waals surface area contributed by atoms with E-state index in [2.05, 4.69) is 6.08 Å². The molecule has 0 amide bonds. The van der Waals surface area contributed by atoms with Crippen molar-refractivity contribution in [2.75, 3.05) is 13.7 Å². The summed E-state index contributed by atoms with van der Waals surface area (Å²) in [7, 11) is 1.67. The number of Topliss-reactive ketones (excluding diaryl/α,β-unsaturated/α-hetero) is 1. The van der Waals surface area contributed by atoms with Crippen LogP contribution in [0, 0.1) is 17.3 Å². The van der Waals surface area contributed by atoms with E-state index in [4.69, 9.17) is 9.57 Å². The van der Waals surface area contributed by atoms with E-state index in [0.29, 0.717) is 13.0 Å². The van der Waals surface area contributed by atoms with Crippen LogP contribution in [0.25, 0.3) is 0 Å². The summed E-state index contributed by atoms with van der Waals surface area (Å²) in [6, 6.07) is 9.63. The molecule has 1 fully saturated rings. The van der Waals surface area contributed by atoms with Crippen molar-refractivity contribution in [1.29, 1.82) is 0 Å². The van der Waals surface area contributed by atoms with Gasteiger partial charge >= 0.3 is 0 Å². The van der Waals surface area contributed by atoms with E-state index in [0.717, 1.165) is 37.0 Å². The molecule has 4 aliphatic rings. The van der Waals surface area contributed by atoms with Crippen LogP contribution in [0.5, 0.6) is 0 Å². The molecule has 2 aliphatic heterocycles. The fourth-order valence-corrected chi connectivity index (χ4v) is 5.83. The largest absolute Gasteiger partial charge is 0.493 e. The maximum Gasteiger partial charge on any atom is 0.165 e. The monoisotopic (exact) mass is 381 g/mol. The molecule has 0 bridgehead atoms. The first-order valence-electron chi connectivity index (χ1n) is 10.3. The van der Waals surface area contributed by atoms with Crippen LogP contribution >= 0.6 is 0 Å². The zero-order valence-electron chi connectivity index (χ0n) is 16.2. The van der Waals surface area contributed by atoms with E-state index < -0.39 is 0 Å². The summed E-state index contributed by atoms with van der Waals surface area (Å²) < 4.78 is 6.40. The van der Waals surface area contributed by atoms with Crippen LogP contribution in [0.1, 0.15) is 42.5 Å². The van der Waals surface area contributed by atoms with Crippen LogP contribution in [-0.4, -0.2) is 41.8 Å². The molecule has 5 nitrogen and oxygen atoms in total. The number of rotatable bonds is 3. The van der Waals surface area contributed by atoms with Crippen LogP contribution in [0.4, 0.5) is 0 Å². The Morgan fingerprint density at radius 3 is 2.89 bits per heavy atom. The third kappa shape index (κ3) is 2.72. The lowest BCUT2D eigenvalue weighted by Gasteiger charge is -2.42. The number of hydroxylamine groups is 2. The van der Waals surface area contributed by atoms with Gasteiger partial charge in [-0.3, -0.25) is 14.7 Å². The zero-order chi connectivity index (χ0) is 19.3. The van der Waals surface area contributed by atoms with E-state index in [1.165, 1.54) is 5.57 Å². The number of nitrogens with zero attached hydrogens (tertiary/aromatic N) is 1. The first-order chi connectivity index (χ1) is 13.6. The van der Waals surface area contributed by atoms with Crippen molar-refractivity contribution in [3.63, 3.8) is 0 Å². The number of hydrogen-bond acceptors (Lipinski definition) is 5. The molecule has 2 heterocycles. The first-order valence-corrected chi connectivity index (χ1v) is 10.3. The van der Waals surface area contributed by atoms with Crippen molar-refractivity contribution in [3.05, 3.63) is 59.5 Å². The predicted molar refractivity (Wildman–Crippen MR) is 104 cm³/mol. The van der Waals surface area contributed by atoms with E-state index in [1.54, 1.807) is 7.11 Å². The lowest BCUT2D eigenvalue weighted by molar-refractivity contribution is -0.0967. The van der Waals surface area contributed by atoms with E-state index in [1.807, 2.05) is 41.6 Å². The molecule has 0 saturated heterocycles. The Hall–Kier alpha value is -2.11. The van der Waals surface area contributed by atoms with Gasteiger partial charge in [-0.1, -0.05) is 36.4 Å². The standard InChI is InChI=1S/C23H27NO4/c1-27-24-10-9-23-13-16(22(26)15-5-3-2-4-6-15)7-8-20(23)28-19-12-18(25)11-17(14-24)21(19)23/h2-6,9-10,16-18,20,25H,7-8,11-14H2,1H3/t16?,17-,18+,20+,23?/m1/s1. The molecule has 28 heavy (non-hydrogen) atoms. The highest BCUT2D eigenvalue weighted by molar-refractivity contribution is 5.98. The summed E-state index contributed by atoms with van der Waals surface area (Å²) in [6.07, 6.45) is 7.67. The number of benzene rings is 1. The number of ketones is 1. The third-order valence-electron chi connectivity index (χ3n) is 7.01. The van der Waals surface area contributed by atoms with Gasteiger partial charge in [-0.05, 0) is 31.3 Å². The Morgan fingerprint density at radius 1 is 1.29 bits per heavy atom. The van der Waals surface area contributed by atoms with Crippen LogP contribution in [-0.2, 0) is 9.57 Å². The molecule has 2 unspecified atom stereocenters. The van der Waals surface area contributed by atoms with Gasteiger partial charge in [0.2, 0.25) is 0 Å². The number of carbonyl (C=O) groups is 1. The first kappa shape index (κ1) is 18.0. The molecule has 1 saturated carbocycles. The Kier molecular flexibility index (Phi) is 4.33. The lowest BCUT2D eigenvalue weighted by Crippen LogP contribution is -2.42. The average Bonchev–Trinajstić information content (AvgIpc) is 2.95. The maximum atomic E-state index is 13.2. The molecule has 2 aliphatic carbocycles. The maximum absolute atomic E-state index is 13.2. The second-order valence-electron chi connectivity index (χ2n) is 8.58. The molecule has 1 spiro atoms. The summed E-state index contributed by atoms with van der Waals surface area (Å²) in [5.41, 5.74) is 1.84. The lowest BCUT2D eigenvalue weighted by atomic mass is 9.60. The van der Waals surface area contributed by atoms with Gasteiger partial charge in [0.1, 0.15) is 6.10 Å². The molecule has 5 heteroatoms. The van der Waals surface area contributed by atoms with E-state index in [-0.39, 0.29) is 35.2 Å². The summed E-state index contributed by atoms with van der Waals surface area (Å²) >= 11 is 0. The predicted octanol–water partition coefficient (Wildman–Crippen LogP) is 3.47. The minimum atomic E-state index is -0.375. The smallest absolute Gasteiger partial charge is 0.165 e. The highest BCUT2D eigenvalue weighted by Gasteiger charge is 2.57. The molecule has 5 rings (SSSR count). The second-order valence-corrected chi connectivity index (χ2v) is 8.58. The van der Waals surface area contributed by atoms with Gasteiger partial charge < -0.3 is 9.84 Å². The Bertz CT molecular complexity index is 832. The Balaban J connectivity index is 1.53. The van der Waals surface area contributed by atoms with Gasteiger partial charge in [0.25, 0.3) is 0 Å². The van der Waals surface area contributed by atoms with Gasteiger partial charge in [-0.25, -0.2) is 0 Å². The Labute approximate surface area is 165 Å². The molecule has 0 aromatic heterocycles. The van der Waals surface area contributed by atoms with Crippen molar-refractivity contribution >= 4 is 5.78 Å². The zero-order valence-corrected chi connectivity index (χ0v) is 16.2. The number of aliphatic hydroxyl groups excluding tert-OH is 1. The number of ether oxygens (including phenoxy) is 1. The topological polar surface area (TPSA) is 59.0 Å². The van der Waals surface area contributed by atoms with Crippen LogP contribution in [0.2, 0.25) is 0 Å².